The Labute approximate surface area is 146 Å². The maximum absolute atomic E-state index is 13.0. The van der Waals surface area contributed by atoms with Crippen LogP contribution in [-0.2, 0) is 9.53 Å². The van der Waals surface area contributed by atoms with Crippen molar-refractivity contribution in [3.8, 4) is 0 Å². The Morgan fingerprint density at radius 2 is 1.62 bits per heavy atom. The van der Waals surface area contributed by atoms with Gasteiger partial charge in [-0.05, 0) is 17.7 Å². The molecular weight excluding hydrogens is 372 g/mol. The Balaban J connectivity index is 1.92. The van der Waals surface area contributed by atoms with Gasteiger partial charge in [0.1, 0.15) is 0 Å². The van der Waals surface area contributed by atoms with E-state index in [2.05, 4.69) is 15.9 Å². The van der Waals surface area contributed by atoms with Gasteiger partial charge in [-0.1, -0.05) is 52.3 Å². The second kappa shape index (κ2) is 5.53. The largest absolute Gasteiger partial charge is 0.422 e. The SMILES string of the molecule is O=C1C[C@@H](c2cccc(Br)c2)C2=C(O1)C(=O)c1ccccc1C2=O. The molecule has 2 aliphatic rings. The van der Waals surface area contributed by atoms with Gasteiger partial charge in [-0.25, -0.2) is 0 Å². The maximum Gasteiger partial charge on any atom is 0.312 e. The van der Waals surface area contributed by atoms with Crippen molar-refractivity contribution in [2.45, 2.75) is 12.3 Å². The molecule has 1 heterocycles. The zero-order valence-corrected chi connectivity index (χ0v) is 14.0. The number of ketones is 2. The summed E-state index contributed by atoms with van der Waals surface area (Å²) >= 11 is 3.40. The van der Waals surface area contributed by atoms with Crippen LogP contribution in [0.3, 0.4) is 0 Å². The van der Waals surface area contributed by atoms with Crippen molar-refractivity contribution >= 4 is 33.5 Å². The summed E-state index contributed by atoms with van der Waals surface area (Å²) in [7, 11) is 0. The highest BCUT2D eigenvalue weighted by Gasteiger charge is 2.42. The minimum atomic E-state index is -0.501. The zero-order chi connectivity index (χ0) is 16.8. The fourth-order valence-corrected chi connectivity index (χ4v) is 3.64. The third-order valence-corrected chi connectivity index (χ3v) is 4.79. The van der Waals surface area contributed by atoms with Crippen molar-refractivity contribution in [1.29, 1.82) is 0 Å². The van der Waals surface area contributed by atoms with Gasteiger partial charge >= 0.3 is 5.97 Å². The third kappa shape index (κ3) is 2.24. The van der Waals surface area contributed by atoms with Gasteiger partial charge in [0, 0.05) is 21.5 Å². The van der Waals surface area contributed by atoms with Gasteiger partial charge in [0.15, 0.2) is 11.5 Å². The standard InChI is InChI=1S/C19H11BrO4/c20-11-5-3-4-10(8-11)14-9-15(21)24-19-16(14)17(22)12-6-1-2-7-13(12)18(19)23/h1-8,14H,9H2/t14-/m0/s1. The topological polar surface area (TPSA) is 60.4 Å². The number of Topliss-reactive ketones (excluding diaryl/α,β-unsaturated/α-hetero) is 2. The van der Waals surface area contributed by atoms with E-state index in [0.717, 1.165) is 10.0 Å². The van der Waals surface area contributed by atoms with Crippen LogP contribution in [0.2, 0.25) is 0 Å². The zero-order valence-electron chi connectivity index (χ0n) is 12.4. The first-order valence-electron chi connectivity index (χ1n) is 7.45. The molecule has 0 N–H and O–H groups in total. The van der Waals surface area contributed by atoms with E-state index in [1.165, 1.54) is 0 Å². The minimum absolute atomic E-state index is 0.0382. The van der Waals surface area contributed by atoms with Crippen molar-refractivity contribution < 1.29 is 19.1 Å². The van der Waals surface area contributed by atoms with Crippen molar-refractivity contribution in [3.63, 3.8) is 0 Å². The number of carbonyl (C=O) groups excluding carboxylic acids is 3. The summed E-state index contributed by atoms with van der Waals surface area (Å²) in [4.78, 5) is 37.7. The van der Waals surface area contributed by atoms with Gasteiger partial charge in [0.2, 0.25) is 5.78 Å². The fraction of sp³-hybridized carbons (Fsp3) is 0.105. The van der Waals surface area contributed by atoms with E-state index < -0.39 is 17.7 Å². The van der Waals surface area contributed by atoms with E-state index in [-0.39, 0.29) is 29.1 Å². The molecule has 1 aliphatic carbocycles. The lowest BCUT2D eigenvalue weighted by atomic mass is 9.77. The Bertz CT molecular complexity index is 942. The Morgan fingerprint density at radius 1 is 0.917 bits per heavy atom. The molecule has 4 nitrogen and oxygen atoms in total. The number of rotatable bonds is 1. The van der Waals surface area contributed by atoms with Crippen LogP contribution < -0.4 is 0 Å². The lowest BCUT2D eigenvalue weighted by Crippen LogP contribution is -2.32. The highest BCUT2D eigenvalue weighted by atomic mass is 79.9. The van der Waals surface area contributed by atoms with Crippen molar-refractivity contribution in [2.24, 2.45) is 0 Å². The van der Waals surface area contributed by atoms with Crippen LogP contribution in [0, 0.1) is 0 Å². The monoisotopic (exact) mass is 382 g/mol. The summed E-state index contributed by atoms with van der Waals surface area (Å²) in [5, 5.41) is 0. The molecule has 0 unspecified atom stereocenters. The van der Waals surface area contributed by atoms with Crippen LogP contribution >= 0.6 is 15.9 Å². The average Bonchev–Trinajstić information content (AvgIpc) is 2.59. The molecule has 5 heteroatoms. The molecule has 0 saturated heterocycles. The Kier molecular flexibility index (Phi) is 3.46. The van der Waals surface area contributed by atoms with E-state index in [9.17, 15) is 14.4 Å². The van der Waals surface area contributed by atoms with Gasteiger partial charge in [-0.3, -0.25) is 14.4 Å². The van der Waals surface area contributed by atoms with E-state index in [4.69, 9.17) is 4.74 Å². The molecule has 0 bridgehead atoms. The number of ether oxygens (including phenoxy) is 1. The number of fused-ring (bicyclic) bond motifs is 1. The summed E-state index contributed by atoms with van der Waals surface area (Å²) < 4.78 is 6.01. The third-order valence-electron chi connectivity index (χ3n) is 4.30. The number of esters is 1. The van der Waals surface area contributed by atoms with Gasteiger partial charge < -0.3 is 4.74 Å². The summed E-state index contributed by atoms with van der Waals surface area (Å²) in [6.45, 7) is 0. The van der Waals surface area contributed by atoms with Crippen molar-refractivity contribution in [3.05, 3.63) is 81.0 Å². The molecule has 0 aromatic heterocycles. The number of allylic oxidation sites excluding steroid dienone is 2. The van der Waals surface area contributed by atoms with Gasteiger partial charge in [-0.15, -0.1) is 0 Å². The van der Waals surface area contributed by atoms with Crippen molar-refractivity contribution in [1.82, 2.24) is 0 Å². The lowest BCUT2D eigenvalue weighted by Gasteiger charge is -2.30. The Hall–Kier alpha value is -2.53. The molecule has 118 valence electrons. The molecule has 1 aliphatic heterocycles. The average molecular weight is 383 g/mol. The first-order valence-corrected chi connectivity index (χ1v) is 8.24. The lowest BCUT2D eigenvalue weighted by molar-refractivity contribution is -0.140. The maximum atomic E-state index is 13.0. The van der Waals surface area contributed by atoms with E-state index in [0.29, 0.717) is 5.56 Å². The quantitative estimate of drug-likeness (QED) is 0.703. The van der Waals surface area contributed by atoms with E-state index in [1.54, 1.807) is 24.3 Å². The summed E-state index contributed by atoms with van der Waals surface area (Å²) in [6, 6.07) is 14.0. The van der Waals surface area contributed by atoms with Crippen LogP contribution in [0.4, 0.5) is 0 Å². The molecule has 0 fully saturated rings. The first kappa shape index (κ1) is 15.0. The Morgan fingerprint density at radius 3 is 2.33 bits per heavy atom. The van der Waals surface area contributed by atoms with Crippen LogP contribution in [0.5, 0.6) is 0 Å². The van der Waals surface area contributed by atoms with Crippen LogP contribution in [-0.4, -0.2) is 17.5 Å². The number of carbonyl (C=O) groups is 3. The van der Waals surface area contributed by atoms with Crippen LogP contribution in [0.25, 0.3) is 0 Å². The fourth-order valence-electron chi connectivity index (χ4n) is 3.22. The van der Waals surface area contributed by atoms with Crippen LogP contribution in [0.1, 0.15) is 38.6 Å². The van der Waals surface area contributed by atoms with E-state index in [1.807, 2.05) is 24.3 Å². The summed E-state index contributed by atoms with van der Waals surface area (Å²) in [6.07, 6.45) is 0.0382. The number of hydrogen-bond acceptors (Lipinski definition) is 4. The van der Waals surface area contributed by atoms with Crippen LogP contribution in [0.15, 0.2) is 64.3 Å². The molecule has 0 spiro atoms. The minimum Gasteiger partial charge on any atom is -0.422 e. The van der Waals surface area contributed by atoms with Gasteiger partial charge in [-0.2, -0.15) is 0 Å². The smallest absolute Gasteiger partial charge is 0.312 e. The normalized spacial score (nSPS) is 19.7. The molecule has 2 aromatic carbocycles. The highest BCUT2D eigenvalue weighted by Crippen LogP contribution is 2.41. The highest BCUT2D eigenvalue weighted by molar-refractivity contribution is 9.10. The second-order valence-corrected chi connectivity index (χ2v) is 6.65. The molecule has 1 atom stereocenters. The van der Waals surface area contributed by atoms with E-state index >= 15 is 0 Å². The predicted octanol–water partition coefficient (Wildman–Crippen LogP) is 3.81. The molecule has 2 aromatic rings. The van der Waals surface area contributed by atoms with Crippen molar-refractivity contribution in [2.75, 3.05) is 0 Å². The molecule has 0 saturated carbocycles. The summed E-state index contributed by atoms with van der Waals surface area (Å²) in [5.41, 5.74) is 1.72. The molecule has 4 rings (SSSR count). The van der Waals surface area contributed by atoms with Gasteiger partial charge in [0.05, 0.1) is 12.0 Å². The molecule has 24 heavy (non-hydrogen) atoms. The predicted molar refractivity (Wildman–Crippen MR) is 89.7 cm³/mol. The molecular formula is C19H11BrO4. The first-order chi connectivity index (χ1) is 11.6. The molecule has 0 amide bonds. The summed E-state index contributed by atoms with van der Waals surface area (Å²) in [5.74, 6) is -1.77. The van der Waals surface area contributed by atoms with Gasteiger partial charge in [0.25, 0.3) is 0 Å². The second-order valence-electron chi connectivity index (χ2n) is 5.73. The molecule has 0 radical (unpaired) electrons. The number of halogens is 1. The number of hydrogen-bond donors (Lipinski definition) is 0. The number of benzene rings is 2.